The molecule has 6 atom stereocenters. The summed E-state index contributed by atoms with van der Waals surface area (Å²) in [7, 11) is 1.30. The van der Waals surface area contributed by atoms with Crippen molar-refractivity contribution in [1.82, 2.24) is 0 Å². The molecule has 0 aromatic carbocycles. The first-order valence-corrected chi connectivity index (χ1v) is 10.6. The number of fused-ring (bicyclic) bond motifs is 2. The Bertz CT molecular complexity index is 700. The molecule has 2 saturated carbocycles. The van der Waals surface area contributed by atoms with Gasteiger partial charge in [0.1, 0.15) is 6.61 Å². The van der Waals surface area contributed by atoms with Gasteiger partial charge in [-0.1, -0.05) is 25.2 Å². The molecule has 0 aliphatic heterocycles. The minimum atomic E-state index is -1.33. The third kappa shape index (κ3) is 5.31. The molecule has 7 nitrogen and oxygen atoms in total. The molecule has 2 fully saturated rings. The summed E-state index contributed by atoms with van der Waals surface area (Å²) in [6.07, 6.45) is 2.84. The highest BCUT2D eigenvalue weighted by atomic mass is 16.5. The number of esters is 2. The van der Waals surface area contributed by atoms with E-state index in [1.54, 1.807) is 13.0 Å². The predicted octanol–water partition coefficient (Wildman–Crippen LogP) is 2.28. The normalized spacial score (nSPS) is 35.2. The van der Waals surface area contributed by atoms with Crippen molar-refractivity contribution >= 4 is 11.9 Å². The molecular weight excluding hydrogens is 388 g/mol. The highest BCUT2D eigenvalue weighted by molar-refractivity contribution is 5.75. The van der Waals surface area contributed by atoms with E-state index in [2.05, 4.69) is 6.58 Å². The summed E-state index contributed by atoms with van der Waals surface area (Å²) in [6.45, 7) is 8.70. The van der Waals surface area contributed by atoms with Crippen molar-refractivity contribution in [3.05, 3.63) is 23.8 Å². The lowest BCUT2D eigenvalue weighted by Crippen LogP contribution is -2.53. The van der Waals surface area contributed by atoms with Crippen LogP contribution >= 0.6 is 0 Å². The van der Waals surface area contributed by atoms with Gasteiger partial charge in [-0.3, -0.25) is 9.59 Å². The van der Waals surface area contributed by atoms with E-state index in [0.29, 0.717) is 36.8 Å². The summed E-state index contributed by atoms with van der Waals surface area (Å²) in [5.74, 6) is -2.26. The number of carbonyl (C=O) groups excluding carboxylic acids is 2. The van der Waals surface area contributed by atoms with E-state index >= 15 is 0 Å². The van der Waals surface area contributed by atoms with Crippen molar-refractivity contribution in [2.24, 2.45) is 17.3 Å². The number of ether oxygens (including phenoxy) is 2. The first-order valence-electron chi connectivity index (χ1n) is 10.6. The van der Waals surface area contributed by atoms with Gasteiger partial charge in [0.15, 0.2) is 0 Å². The maximum atomic E-state index is 12.9. The highest BCUT2D eigenvalue weighted by Crippen LogP contribution is 2.54. The molecular formula is C23H36O7. The Morgan fingerprint density at radius 2 is 1.93 bits per heavy atom. The van der Waals surface area contributed by atoms with Gasteiger partial charge in [-0.15, -0.1) is 0 Å². The molecule has 2 aliphatic rings. The van der Waals surface area contributed by atoms with Crippen molar-refractivity contribution in [3.63, 3.8) is 0 Å². The summed E-state index contributed by atoms with van der Waals surface area (Å²) in [4.78, 5) is 24.3. The second-order valence-corrected chi connectivity index (χ2v) is 9.29. The molecule has 0 unspecified atom stereocenters. The van der Waals surface area contributed by atoms with E-state index in [4.69, 9.17) is 9.47 Å². The fraction of sp³-hybridized carbons (Fsp3) is 0.739. The van der Waals surface area contributed by atoms with Crippen molar-refractivity contribution in [3.8, 4) is 0 Å². The number of methoxy groups -OCH3 is 1. The molecule has 2 rings (SSSR count). The summed E-state index contributed by atoms with van der Waals surface area (Å²) in [5.41, 5.74) is -0.573. The van der Waals surface area contributed by atoms with Gasteiger partial charge in [-0.25, -0.2) is 0 Å². The Kier molecular flexibility index (Phi) is 7.88. The number of aliphatic hydroxyl groups excluding tert-OH is 2. The van der Waals surface area contributed by atoms with Gasteiger partial charge in [-0.05, 0) is 62.4 Å². The molecule has 170 valence electrons. The van der Waals surface area contributed by atoms with Crippen molar-refractivity contribution in [2.75, 3.05) is 13.7 Å². The van der Waals surface area contributed by atoms with E-state index in [0.717, 1.165) is 0 Å². The minimum Gasteiger partial charge on any atom is -0.469 e. The molecule has 3 N–H and O–H groups in total. The quantitative estimate of drug-likeness (QED) is 0.424. The number of carbonyl (C=O) groups is 2. The van der Waals surface area contributed by atoms with Crippen LogP contribution < -0.4 is 0 Å². The van der Waals surface area contributed by atoms with Gasteiger partial charge in [-0.2, -0.15) is 0 Å². The van der Waals surface area contributed by atoms with E-state index in [9.17, 15) is 24.9 Å². The molecule has 0 saturated heterocycles. The van der Waals surface area contributed by atoms with Crippen molar-refractivity contribution in [1.29, 1.82) is 0 Å². The zero-order valence-electron chi connectivity index (χ0n) is 18.5. The van der Waals surface area contributed by atoms with Crippen molar-refractivity contribution < 1.29 is 34.4 Å². The summed E-state index contributed by atoms with van der Waals surface area (Å²) in [6, 6.07) is 0. The second kappa shape index (κ2) is 9.62. The second-order valence-electron chi connectivity index (χ2n) is 9.29. The van der Waals surface area contributed by atoms with Crippen LogP contribution in [0.3, 0.4) is 0 Å². The molecule has 0 amide bonds. The SMILES string of the molecule is C=C(C)[C@H](O)C/C=C(/COC(C)=O)[C@H]1CC[C@@]2(C)C[C@](O)(CC[C@H]2O)[C@@H]1C(=O)OC. The molecule has 0 heterocycles. The lowest BCUT2D eigenvalue weighted by atomic mass is 9.63. The molecule has 2 bridgehead atoms. The summed E-state index contributed by atoms with van der Waals surface area (Å²) in [5, 5.41) is 32.3. The van der Waals surface area contributed by atoms with Gasteiger partial charge in [0, 0.05) is 6.92 Å². The van der Waals surface area contributed by atoms with Crippen LogP contribution in [0.5, 0.6) is 0 Å². The first kappa shape index (κ1) is 24.6. The zero-order valence-corrected chi connectivity index (χ0v) is 18.5. The maximum Gasteiger partial charge on any atom is 0.312 e. The Labute approximate surface area is 178 Å². The van der Waals surface area contributed by atoms with Gasteiger partial charge in [0.25, 0.3) is 0 Å². The van der Waals surface area contributed by atoms with Gasteiger partial charge in [0.2, 0.25) is 0 Å². The topological polar surface area (TPSA) is 113 Å². The summed E-state index contributed by atoms with van der Waals surface area (Å²) < 4.78 is 10.3. The highest BCUT2D eigenvalue weighted by Gasteiger charge is 2.57. The first-order chi connectivity index (χ1) is 13.9. The standard InChI is InChI=1S/C23H36O7/c1-14(2)18(25)7-6-16(12-30-15(3)24)17-8-10-22(4)13-23(28,11-9-19(22)26)20(17)21(27)29-5/h6,17-20,25-26,28H,1,7-13H2,2-5H3/b16-6-/t17-,18-,19-,20+,22+,23-/m1/s1. The van der Waals surface area contributed by atoms with Crippen LogP contribution in [0.15, 0.2) is 23.8 Å². The molecule has 0 aromatic rings. The van der Waals surface area contributed by atoms with Gasteiger partial charge < -0.3 is 24.8 Å². The van der Waals surface area contributed by atoms with Crippen LogP contribution in [0.4, 0.5) is 0 Å². The Hall–Kier alpha value is -1.70. The fourth-order valence-electron chi connectivity index (χ4n) is 5.06. The molecule has 30 heavy (non-hydrogen) atoms. The Morgan fingerprint density at radius 1 is 1.27 bits per heavy atom. The van der Waals surface area contributed by atoms with Crippen LogP contribution in [0.25, 0.3) is 0 Å². The minimum absolute atomic E-state index is 0.0360. The number of hydrogen-bond donors (Lipinski definition) is 3. The van der Waals surface area contributed by atoms with Gasteiger partial charge in [0.05, 0.1) is 30.8 Å². The molecule has 0 radical (unpaired) electrons. The van der Waals surface area contributed by atoms with Crippen LogP contribution in [0, 0.1) is 17.3 Å². The number of aliphatic hydroxyl groups is 3. The average molecular weight is 425 g/mol. The summed E-state index contributed by atoms with van der Waals surface area (Å²) >= 11 is 0. The van der Waals surface area contributed by atoms with E-state index < -0.39 is 47.0 Å². The molecule has 0 spiro atoms. The predicted molar refractivity (Wildman–Crippen MR) is 111 cm³/mol. The third-order valence-electron chi connectivity index (χ3n) is 6.92. The van der Waals surface area contributed by atoms with Crippen LogP contribution in [0.2, 0.25) is 0 Å². The van der Waals surface area contributed by atoms with E-state index in [1.165, 1.54) is 14.0 Å². The zero-order chi connectivity index (χ0) is 22.7. The van der Waals surface area contributed by atoms with Crippen LogP contribution in [-0.2, 0) is 19.1 Å². The maximum absolute atomic E-state index is 12.9. The molecule has 0 aromatic heterocycles. The van der Waals surface area contributed by atoms with E-state index in [1.807, 2.05) is 6.92 Å². The number of hydrogen-bond acceptors (Lipinski definition) is 7. The molecule has 7 heteroatoms. The number of rotatable bonds is 7. The monoisotopic (exact) mass is 424 g/mol. The van der Waals surface area contributed by atoms with E-state index in [-0.39, 0.29) is 19.4 Å². The largest absolute Gasteiger partial charge is 0.469 e. The average Bonchev–Trinajstić information content (AvgIpc) is 2.77. The van der Waals surface area contributed by atoms with Crippen LogP contribution in [-0.4, -0.2) is 58.8 Å². The lowest BCUT2D eigenvalue weighted by Gasteiger charge is -2.47. The Morgan fingerprint density at radius 3 is 2.50 bits per heavy atom. The third-order valence-corrected chi connectivity index (χ3v) is 6.92. The Balaban J connectivity index is 2.48. The lowest BCUT2D eigenvalue weighted by molar-refractivity contribution is -0.170. The van der Waals surface area contributed by atoms with Gasteiger partial charge >= 0.3 is 11.9 Å². The fourth-order valence-corrected chi connectivity index (χ4v) is 5.06. The smallest absolute Gasteiger partial charge is 0.312 e. The van der Waals surface area contributed by atoms with Crippen molar-refractivity contribution in [2.45, 2.75) is 77.1 Å². The van der Waals surface area contributed by atoms with Crippen LogP contribution in [0.1, 0.15) is 59.3 Å². The molecule has 2 aliphatic carbocycles.